The molecule has 6 rings (SSSR count). The second-order valence-electron chi connectivity index (χ2n) is 14.1. The maximum Gasteiger partial charge on any atom is 0.476 e. The number of rotatable bonds is 0. The van der Waals surface area contributed by atoms with E-state index in [-0.39, 0.29) is 11.5 Å². The number of nitrogens with one attached hydrogen (secondary N) is 1. The van der Waals surface area contributed by atoms with Crippen LogP contribution >= 0.6 is 0 Å². The minimum Gasteiger partial charge on any atom is -0.369 e. The predicted octanol–water partition coefficient (Wildman–Crippen LogP) is 6.02. The number of sulfonamides is 1. The molecule has 5 nitrogen and oxygen atoms in total. The third kappa shape index (κ3) is 4.11. The summed E-state index contributed by atoms with van der Waals surface area (Å²) in [5.41, 5.74) is 3.84. The fourth-order valence-corrected chi connectivity index (χ4v) is 10.5. The van der Waals surface area contributed by atoms with Gasteiger partial charge in [-0.3, -0.25) is 0 Å². The Labute approximate surface area is 219 Å². The molecule has 0 aromatic heterocycles. The molecule has 0 aromatic carbocycles. The second kappa shape index (κ2) is 8.82. The summed E-state index contributed by atoms with van der Waals surface area (Å²) in [6.45, 7) is 11.0. The lowest BCUT2D eigenvalue weighted by Crippen LogP contribution is -2.48. The van der Waals surface area contributed by atoms with Gasteiger partial charge in [0, 0.05) is 12.0 Å². The van der Waals surface area contributed by atoms with Gasteiger partial charge in [-0.25, -0.2) is 0 Å². The molecule has 4 aliphatic carbocycles. The lowest BCUT2D eigenvalue weighted by molar-refractivity contribution is -0.0747. The monoisotopic (exact) mass is 515 g/mol. The minimum absolute atomic E-state index is 0.0251. The Bertz CT molecular complexity index is 1100. The first kappa shape index (κ1) is 25.4. The summed E-state index contributed by atoms with van der Waals surface area (Å²) in [5, 5.41) is 3.85. The van der Waals surface area contributed by atoms with Gasteiger partial charge in [-0.2, -0.15) is 0 Å². The van der Waals surface area contributed by atoms with E-state index in [0.29, 0.717) is 35.3 Å². The summed E-state index contributed by atoms with van der Waals surface area (Å²) in [7, 11) is -3.34. The zero-order valence-corrected chi connectivity index (χ0v) is 23.9. The van der Waals surface area contributed by atoms with Crippen LogP contribution in [0.2, 0.25) is 0 Å². The lowest BCUT2D eigenvalue weighted by Gasteiger charge is -2.53. The van der Waals surface area contributed by atoms with E-state index in [2.05, 4.69) is 43.3 Å². The molecule has 6 aliphatic rings. The highest BCUT2D eigenvalue weighted by Gasteiger charge is 2.59. The second-order valence-corrected chi connectivity index (χ2v) is 15.7. The molecule has 1 spiro atoms. The molecule has 5 fully saturated rings. The molecule has 11 atom stereocenters. The third-order valence-corrected chi connectivity index (χ3v) is 12.5. The number of ether oxygens (including phenoxy) is 1. The van der Waals surface area contributed by atoms with Gasteiger partial charge >= 0.3 is 16.1 Å². The van der Waals surface area contributed by atoms with Gasteiger partial charge in [0.15, 0.2) is 0 Å². The summed E-state index contributed by atoms with van der Waals surface area (Å²) >= 11 is 0. The Morgan fingerprint density at radius 2 is 1.92 bits per heavy atom. The van der Waals surface area contributed by atoms with E-state index in [1.807, 2.05) is 0 Å². The molecule has 6 heteroatoms. The first-order valence-electron chi connectivity index (χ1n) is 14.8. The maximum absolute atomic E-state index is 11.5. The van der Waals surface area contributed by atoms with Gasteiger partial charge in [0.2, 0.25) is 0 Å². The highest BCUT2D eigenvalue weighted by atomic mass is 32.2. The molecule has 3 saturated carbocycles. The van der Waals surface area contributed by atoms with Crippen LogP contribution in [-0.2, 0) is 14.8 Å². The van der Waals surface area contributed by atoms with Gasteiger partial charge < -0.3 is 10.1 Å². The molecule has 200 valence electrons. The number of fused-ring (bicyclic) bond motifs is 6. The smallest absolute Gasteiger partial charge is 0.369 e. The Balaban J connectivity index is 1.22. The molecule has 2 saturated heterocycles. The van der Waals surface area contributed by atoms with Crippen molar-refractivity contribution in [2.75, 3.05) is 12.8 Å². The Hall–Kier alpha value is -0.900. The van der Waals surface area contributed by atoms with Crippen molar-refractivity contribution in [3.63, 3.8) is 0 Å². The molecule has 0 bridgehead atoms. The van der Waals surface area contributed by atoms with Crippen LogP contribution in [0.4, 0.5) is 0 Å². The first-order chi connectivity index (χ1) is 17.0. The van der Waals surface area contributed by atoms with Crippen LogP contribution in [-0.4, -0.2) is 39.0 Å². The molecule has 36 heavy (non-hydrogen) atoms. The third-order valence-electron chi connectivity index (χ3n) is 12.0. The quantitative estimate of drug-likeness (QED) is 0.401. The number of hydrogen-bond donors (Lipinski definition) is 1. The molecular weight excluding hydrogens is 468 g/mol. The van der Waals surface area contributed by atoms with Crippen molar-refractivity contribution in [1.82, 2.24) is 5.32 Å². The van der Waals surface area contributed by atoms with Crippen LogP contribution in [0.5, 0.6) is 0 Å². The van der Waals surface area contributed by atoms with Gasteiger partial charge in [0.05, 0.1) is 21.9 Å². The summed E-state index contributed by atoms with van der Waals surface area (Å²) in [6, 6.07) is 3.53. The molecule has 2 aliphatic heterocycles. The topological polar surface area (TPSA) is 59.8 Å². The number of piperidine rings is 1. The zero-order chi connectivity index (χ0) is 25.5. The van der Waals surface area contributed by atoms with Crippen molar-refractivity contribution in [1.29, 1.82) is 0 Å². The van der Waals surface area contributed by atoms with E-state index in [4.69, 9.17) is 4.74 Å². The van der Waals surface area contributed by atoms with E-state index >= 15 is 0 Å². The Kier molecular flexibility index (Phi) is 6.22. The van der Waals surface area contributed by atoms with Crippen LogP contribution < -0.4 is 5.32 Å². The fourth-order valence-electron chi connectivity index (χ4n) is 10.1. The average molecular weight is 516 g/mol. The van der Waals surface area contributed by atoms with Gasteiger partial charge in [0.25, 0.3) is 0 Å². The van der Waals surface area contributed by atoms with Crippen molar-refractivity contribution >= 4 is 10.0 Å². The van der Waals surface area contributed by atoms with Gasteiger partial charge in [-0.1, -0.05) is 31.9 Å². The van der Waals surface area contributed by atoms with Crippen molar-refractivity contribution in [2.24, 2.45) is 46.8 Å². The van der Waals surface area contributed by atoms with E-state index in [9.17, 15) is 8.42 Å². The molecule has 4 unspecified atom stereocenters. The SMILES string of the molecule is CC1=C2C[C@H]3[C@@H](CCC4CC(C#[N+]S(C)(=O)=O)CC[C@@]43C)C2CC[C@@]2(C1)OC1C[C@H](C)CN[C@H]1[C@H]2C. The maximum atomic E-state index is 11.5. The van der Waals surface area contributed by atoms with Crippen molar-refractivity contribution in [2.45, 2.75) is 110 Å². The Morgan fingerprint density at radius 3 is 2.69 bits per heavy atom. The first-order valence-corrected chi connectivity index (χ1v) is 16.6. The van der Waals surface area contributed by atoms with Gasteiger partial charge in [0.1, 0.15) is 6.26 Å². The average Bonchev–Trinajstić information content (AvgIpc) is 3.27. The molecule has 0 aromatic rings. The van der Waals surface area contributed by atoms with Crippen molar-refractivity contribution < 1.29 is 13.2 Å². The van der Waals surface area contributed by atoms with Crippen LogP contribution in [0.3, 0.4) is 0 Å². The largest absolute Gasteiger partial charge is 0.476 e. The minimum atomic E-state index is -3.34. The van der Waals surface area contributed by atoms with Crippen LogP contribution in [0, 0.1) is 52.9 Å². The molecule has 0 amide bonds. The normalized spacial score (nSPS) is 50.4. The summed E-state index contributed by atoms with van der Waals surface area (Å²) in [5.74, 6) is 4.49. The van der Waals surface area contributed by atoms with Crippen LogP contribution in [0.25, 0.3) is 4.25 Å². The molecule has 2 heterocycles. The summed E-state index contributed by atoms with van der Waals surface area (Å²) in [6.07, 6.45) is 13.6. The molecule has 1 N–H and O–H groups in total. The number of nitrogens with zero attached hydrogens (tertiary/aromatic N) is 1. The lowest BCUT2D eigenvalue weighted by atomic mass is 9.51. The number of allylic oxidation sites excluding steroid dienone is 1. The summed E-state index contributed by atoms with van der Waals surface area (Å²) in [4.78, 5) is 0. The van der Waals surface area contributed by atoms with E-state index in [0.717, 1.165) is 43.6 Å². The van der Waals surface area contributed by atoms with Crippen molar-refractivity contribution in [3.05, 3.63) is 15.4 Å². The van der Waals surface area contributed by atoms with Crippen molar-refractivity contribution in [3.8, 4) is 6.07 Å². The zero-order valence-electron chi connectivity index (χ0n) is 23.1. The molecular formula is C30H47N2O3S+. The molecule has 0 radical (unpaired) electrons. The standard InChI is InChI=1S/C30H47N2O3S/c1-18-12-27-28(31-16-18)20(3)30(35-27)11-9-23-24-7-6-22-13-21(17-32-36(5,33)34)8-10-29(22,4)26(24)14-25(23)19(2)15-30/h18,20-24,26-28,31H,6-16H2,1-5H3/q+1/t18-,20+,21?,22?,23?,24-,26-,27?,28-,29-,30-/m0/s1. The van der Waals surface area contributed by atoms with E-state index < -0.39 is 10.0 Å². The predicted molar refractivity (Wildman–Crippen MR) is 144 cm³/mol. The van der Waals surface area contributed by atoms with Crippen LogP contribution in [0.1, 0.15) is 91.9 Å². The van der Waals surface area contributed by atoms with E-state index in [1.165, 1.54) is 51.2 Å². The fraction of sp³-hybridized carbons (Fsp3) is 0.900. The van der Waals surface area contributed by atoms with Gasteiger partial charge in [-0.15, -0.1) is 8.42 Å². The highest BCUT2D eigenvalue weighted by Crippen LogP contribution is 2.65. The van der Waals surface area contributed by atoms with Gasteiger partial charge in [-0.05, 0) is 113 Å². The van der Waals surface area contributed by atoms with E-state index in [1.54, 1.807) is 11.1 Å². The summed E-state index contributed by atoms with van der Waals surface area (Å²) < 4.78 is 33.8. The number of hydrogen-bond acceptors (Lipinski definition) is 4. The Morgan fingerprint density at radius 1 is 1.11 bits per heavy atom. The van der Waals surface area contributed by atoms with Crippen LogP contribution in [0.15, 0.2) is 11.1 Å². The highest BCUT2D eigenvalue weighted by molar-refractivity contribution is 7.92.